The molecule has 0 atom stereocenters. The number of quaternary nitrogens is 1. The Morgan fingerprint density at radius 2 is 1.03 bits per heavy atom. The van der Waals surface area contributed by atoms with Crippen LogP contribution < -0.4 is 12.4 Å². The summed E-state index contributed by atoms with van der Waals surface area (Å²) in [5, 5.41) is 0. The van der Waals surface area contributed by atoms with Gasteiger partial charge in [0.25, 0.3) is 0 Å². The van der Waals surface area contributed by atoms with Crippen LogP contribution in [0.25, 0.3) is 0 Å². The van der Waals surface area contributed by atoms with Crippen molar-refractivity contribution in [2.24, 2.45) is 0 Å². The minimum absolute atomic E-state index is 0. The molecule has 0 rings (SSSR count). The van der Waals surface area contributed by atoms with Gasteiger partial charge in [-0.15, -0.1) is 0 Å². The van der Waals surface area contributed by atoms with E-state index in [1.807, 2.05) is 0 Å². The molecule has 4 heteroatoms. The molecule has 0 aliphatic rings. The Kier molecular flexibility index (Phi) is 23.9. The molecule has 0 radical (unpaired) electrons. The van der Waals surface area contributed by atoms with Crippen molar-refractivity contribution in [1.29, 1.82) is 0 Å². The molecule has 176 valence electrons. The first-order chi connectivity index (χ1) is 13.5. The Bertz CT molecular complexity index is 348. The van der Waals surface area contributed by atoms with Crippen molar-refractivity contribution in [2.75, 3.05) is 33.8 Å². The van der Waals surface area contributed by atoms with Gasteiger partial charge in [-0.3, -0.25) is 4.79 Å². The van der Waals surface area contributed by atoms with Crippen molar-refractivity contribution in [1.82, 2.24) is 0 Å². The summed E-state index contributed by atoms with van der Waals surface area (Å²) >= 11 is 0. The van der Waals surface area contributed by atoms with E-state index in [-0.39, 0.29) is 18.4 Å². The van der Waals surface area contributed by atoms with E-state index in [0.29, 0.717) is 13.0 Å². The van der Waals surface area contributed by atoms with E-state index < -0.39 is 0 Å². The predicted octanol–water partition coefficient (Wildman–Crippen LogP) is 4.28. The lowest BCUT2D eigenvalue weighted by Crippen LogP contribution is -3.00. The smallest absolute Gasteiger partial charge is 0.311 e. The first-order valence-corrected chi connectivity index (χ1v) is 12.5. The minimum atomic E-state index is -0.0272. The van der Waals surface area contributed by atoms with Crippen LogP contribution in [-0.4, -0.2) is 44.2 Å². The standard InChI is InChI=1S/C25H52NO2.ClH/c1-5-7-8-9-10-11-12-13-14-15-16-17-18-19-20-21-24-28-25(27)22-23-26(3,4)6-2;/h5-24H2,1-4H3;1H/q+1;/p-1. The molecule has 0 spiro atoms. The molecule has 29 heavy (non-hydrogen) atoms. The molecule has 0 aromatic heterocycles. The van der Waals surface area contributed by atoms with Gasteiger partial charge in [-0.1, -0.05) is 103 Å². The maximum absolute atomic E-state index is 11.7. The number of nitrogens with zero attached hydrogens (tertiary/aromatic N) is 1. The molecular weight excluding hydrogens is 382 g/mol. The molecule has 3 nitrogen and oxygen atoms in total. The van der Waals surface area contributed by atoms with Crippen molar-refractivity contribution < 1.29 is 26.4 Å². The number of ether oxygens (including phenoxy) is 1. The van der Waals surface area contributed by atoms with Gasteiger partial charge in [0, 0.05) is 0 Å². The molecule has 0 aliphatic carbocycles. The average molecular weight is 434 g/mol. The second-order valence-electron chi connectivity index (χ2n) is 9.25. The van der Waals surface area contributed by atoms with Gasteiger partial charge in [-0.05, 0) is 13.3 Å². The lowest BCUT2D eigenvalue weighted by Gasteiger charge is -2.27. The quantitative estimate of drug-likeness (QED) is 0.153. The van der Waals surface area contributed by atoms with E-state index in [9.17, 15) is 4.79 Å². The van der Waals surface area contributed by atoms with Gasteiger partial charge >= 0.3 is 5.97 Å². The molecule has 0 heterocycles. The first-order valence-electron chi connectivity index (χ1n) is 12.5. The van der Waals surface area contributed by atoms with Crippen LogP contribution in [-0.2, 0) is 9.53 Å². The first kappa shape index (κ1) is 30.9. The third-order valence-corrected chi connectivity index (χ3v) is 6.04. The van der Waals surface area contributed by atoms with Crippen LogP contribution in [0.15, 0.2) is 0 Å². The number of carbonyl (C=O) groups is 1. The summed E-state index contributed by atoms with van der Waals surface area (Å²) in [5.41, 5.74) is 0. The zero-order chi connectivity index (χ0) is 20.9. The number of unbranched alkanes of at least 4 members (excludes halogenated alkanes) is 15. The third-order valence-electron chi connectivity index (χ3n) is 6.04. The van der Waals surface area contributed by atoms with Gasteiger partial charge < -0.3 is 21.6 Å². The molecule has 0 N–H and O–H groups in total. The highest BCUT2D eigenvalue weighted by atomic mass is 35.5. The van der Waals surface area contributed by atoms with Crippen LogP contribution in [0.4, 0.5) is 0 Å². The number of halogens is 1. The van der Waals surface area contributed by atoms with Crippen LogP contribution in [0.3, 0.4) is 0 Å². The highest BCUT2D eigenvalue weighted by Crippen LogP contribution is 2.13. The Morgan fingerprint density at radius 3 is 1.41 bits per heavy atom. The second-order valence-corrected chi connectivity index (χ2v) is 9.25. The monoisotopic (exact) mass is 433 g/mol. The Morgan fingerprint density at radius 1 is 0.655 bits per heavy atom. The molecular formula is C25H52ClNO2. The maximum atomic E-state index is 11.7. The Hall–Kier alpha value is -0.280. The fourth-order valence-corrected chi connectivity index (χ4v) is 3.46. The molecule has 0 bridgehead atoms. The van der Waals surface area contributed by atoms with Crippen LogP contribution in [0.1, 0.15) is 123 Å². The largest absolute Gasteiger partial charge is 1.00 e. The molecule has 0 aliphatic heterocycles. The molecule has 0 saturated carbocycles. The van der Waals surface area contributed by atoms with Crippen LogP contribution >= 0.6 is 0 Å². The van der Waals surface area contributed by atoms with E-state index in [1.54, 1.807) is 0 Å². The average Bonchev–Trinajstić information content (AvgIpc) is 2.69. The summed E-state index contributed by atoms with van der Waals surface area (Å²) in [6.07, 6.45) is 22.4. The summed E-state index contributed by atoms with van der Waals surface area (Å²) in [4.78, 5) is 11.7. The SMILES string of the molecule is CCCCCCCCCCCCCCCCCCOC(=O)CC[N+](C)(C)CC.[Cl-]. The summed E-state index contributed by atoms with van der Waals surface area (Å²) in [5.74, 6) is -0.0272. The van der Waals surface area contributed by atoms with E-state index in [0.717, 1.165) is 24.0 Å². The summed E-state index contributed by atoms with van der Waals surface area (Å²) in [6.45, 7) is 6.96. The Labute approximate surface area is 189 Å². The zero-order valence-electron chi connectivity index (χ0n) is 20.3. The molecule has 0 aromatic carbocycles. The van der Waals surface area contributed by atoms with Crippen molar-refractivity contribution in [3.05, 3.63) is 0 Å². The highest BCUT2D eigenvalue weighted by molar-refractivity contribution is 5.69. The molecule has 0 saturated heterocycles. The second kappa shape index (κ2) is 22.4. The number of esters is 1. The number of hydrogen-bond donors (Lipinski definition) is 0. The number of hydrogen-bond acceptors (Lipinski definition) is 2. The fraction of sp³-hybridized carbons (Fsp3) is 0.960. The van der Waals surface area contributed by atoms with Gasteiger partial charge in [-0.25, -0.2) is 0 Å². The van der Waals surface area contributed by atoms with Crippen molar-refractivity contribution in [3.8, 4) is 0 Å². The number of rotatable bonds is 21. The van der Waals surface area contributed by atoms with E-state index in [1.165, 1.54) is 96.3 Å². The zero-order valence-corrected chi connectivity index (χ0v) is 21.0. The molecule has 0 fully saturated rings. The summed E-state index contributed by atoms with van der Waals surface area (Å²) in [6, 6.07) is 0. The van der Waals surface area contributed by atoms with E-state index in [2.05, 4.69) is 27.9 Å². The topological polar surface area (TPSA) is 26.3 Å². The van der Waals surface area contributed by atoms with Crippen molar-refractivity contribution >= 4 is 5.97 Å². The van der Waals surface area contributed by atoms with Crippen LogP contribution in [0.2, 0.25) is 0 Å². The highest BCUT2D eigenvalue weighted by Gasteiger charge is 2.14. The van der Waals surface area contributed by atoms with Gasteiger partial charge in [0.2, 0.25) is 0 Å². The van der Waals surface area contributed by atoms with Crippen LogP contribution in [0.5, 0.6) is 0 Å². The van der Waals surface area contributed by atoms with Gasteiger partial charge in [0.1, 0.15) is 0 Å². The van der Waals surface area contributed by atoms with Crippen molar-refractivity contribution in [2.45, 2.75) is 123 Å². The lowest BCUT2D eigenvalue weighted by atomic mass is 10.0. The van der Waals surface area contributed by atoms with Crippen LogP contribution in [0, 0.1) is 0 Å². The van der Waals surface area contributed by atoms with Crippen molar-refractivity contribution in [3.63, 3.8) is 0 Å². The van der Waals surface area contributed by atoms with Gasteiger partial charge in [0.05, 0.1) is 40.2 Å². The number of carbonyl (C=O) groups excluding carboxylic acids is 1. The molecule has 0 aromatic rings. The van der Waals surface area contributed by atoms with E-state index in [4.69, 9.17) is 4.74 Å². The van der Waals surface area contributed by atoms with E-state index >= 15 is 0 Å². The molecule has 0 unspecified atom stereocenters. The normalized spacial score (nSPS) is 11.3. The van der Waals surface area contributed by atoms with Gasteiger partial charge in [-0.2, -0.15) is 0 Å². The van der Waals surface area contributed by atoms with Gasteiger partial charge in [0.15, 0.2) is 0 Å². The third kappa shape index (κ3) is 23.9. The summed E-state index contributed by atoms with van der Waals surface area (Å²) in [7, 11) is 4.31. The lowest BCUT2D eigenvalue weighted by molar-refractivity contribution is -0.887. The summed E-state index contributed by atoms with van der Waals surface area (Å²) < 4.78 is 6.24. The maximum Gasteiger partial charge on any atom is 0.311 e. The minimum Gasteiger partial charge on any atom is -1.00 e. The fourth-order valence-electron chi connectivity index (χ4n) is 3.46. The predicted molar refractivity (Wildman–Crippen MR) is 123 cm³/mol. The molecule has 0 amide bonds. The Balaban J connectivity index is 0.